The lowest BCUT2D eigenvalue weighted by atomic mass is 10.1. The van der Waals surface area contributed by atoms with Crippen molar-refractivity contribution in [2.75, 3.05) is 11.4 Å². The van der Waals surface area contributed by atoms with E-state index >= 15 is 0 Å². The van der Waals surface area contributed by atoms with Crippen LogP contribution in [-0.2, 0) is 13.0 Å². The third-order valence-corrected chi connectivity index (χ3v) is 4.79. The number of hydrogen-bond donors (Lipinski definition) is 1. The second kappa shape index (κ2) is 8.63. The Morgan fingerprint density at radius 3 is 2.30 bits per heavy atom. The lowest BCUT2D eigenvalue weighted by Crippen LogP contribution is -2.37. The van der Waals surface area contributed by atoms with Crippen LogP contribution in [0.1, 0.15) is 64.5 Å². The molecule has 0 aliphatic heterocycles. The number of aryl methyl sites for hydroxylation is 1. The second-order valence-electron chi connectivity index (χ2n) is 5.84. The van der Waals surface area contributed by atoms with Gasteiger partial charge in [-0.15, -0.1) is 11.3 Å². The van der Waals surface area contributed by atoms with E-state index in [0.29, 0.717) is 18.5 Å². The molecule has 0 bridgehead atoms. The Hall–Kier alpha value is -0.610. The average molecular weight is 298 g/mol. The molecule has 0 atom stereocenters. The Morgan fingerprint density at radius 1 is 1.20 bits per heavy atom. The van der Waals surface area contributed by atoms with Crippen molar-refractivity contribution < 1.29 is 0 Å². The summed E-state index contributed by atoms with van der Waals surface area (Å²) in [6.45, 7) is 13.0. The van der Waals surface area contributed by atoms with Crippen molar-refractivity contribution in [3.63, 3.8) is 0 Å². The smallest absolute Gasteiger partial charge is 0.186 e. The van der Waals surface area contributed by atoms with Gasteiger partial charge in [-0.05, 0) is 25.2 Å². The molecule has 116 valence electrons. The molecule has 0 aliphatic rings. The summed E-state index contributed by atoms with van der Waals surface area (Å²) in [5.74, 6) is 0.649. The Balaban J connectivity index is 3.05. The lowest BCUT2D eigenvalue weighted by Gasteiger charge is -2.31. The zero-order chi connectivity index (χ0) is 15.1. The fraction of sp³-hybridized carbons (Fsp3) is 0.812. The molecule has 0 aromatic carbocycles. The molecular weight excluding hydrogens is 266 g/mol. The summed E-state index contributed by atoms with van der Waals surface area (Å²) >= 11 is 1.80. The highest BCUT2D eigenvalue weighted by atomic mass is 32.1. The number of nitrogens with zero attached hydrogens (tertiary/aromatic N) is 2. The van der Waals surface area contributed by atoms with E-state index in [0.717, 1.165) is 19.4 Å². The van der Waals surface area contributed by atoms with E-state index in [2.05, 4.69) is 39.5 Å². The third kappa shape index (κ3) is 4.45. The molecule has 0 fully saturated rings. The van der Waals surface area contributed by atoms with Crippen LogP contribution < -0.4 is 10.6 Å². The minimum atomic E-state index is 0.587. The van der Waals surface area contributed by atoms with E-state index in [9.17, 15) is 0 Å². The quantitative estimate of drug-likeness (QED) is 0.742. The normalized spacial score (nSPS) is 11.6. The SMILES string of the molecule is CCCc1nc(N(CC(C)C)C(CC)CC)sc1CN. The highest BCUT2D eigenvalue weighted by molar-refractivity contribution is 7.15. The molecule has 0 aliphatic carbocycles. The highest BCUT2D eigenvalue weighted by Crippen LogP contribution is 2.30. The molecule has 0 spiro atoms. The molecule has 1 rings (SSSR count). The van der Waals surface area contributed by atoms with E-state index in [4.69, 9.17) is 10.7 Å². The first-order valence-corrected chi connectivity index (χ1v) is 8.84. The first kappa shape index (κ1) is 17.4. The molecule has 0 radical (unpaired) electrons. The van der Waals surface area contributed by atoms with Crippen LogP contribution in [0, 0.1) is 5.92 Å². The number of rotatable bonds is 9. The van der Waals surface area contributed by atoms with Gasteiger partial charge in [0, 0.05) is 24.0 Å². The van der Waals surface area contributed by atoms with E-state index in [1.165, 1.54) is 28.5 Å². The highest BCUT2D eigenvalue weighted by Gasteiger charge is 2.21. The largest absolute Gasteiger partial charge is 0.345 e. The van der Waals surface area contributed by atoms with Crippen LogP contribution >= 0.6 is 11.3 Å². The Morgan fingerprint density at radius 2 is 1.85 bits per heavy atom. The molecule has 4 heteroatoms. The van der Waals surface area contributed by atoms with Gasteiger partial charge in [0.2, 0.25) is 0 Å². The van der Waals surface area contributed by atoms with Gasteiger partial charge >= 0.3 is 0 Å². The topological polar surface area (TPSA) is 42.2 Å². The van der Waals surface area contributed by atoms with Crippen molar-refractivity contribution in [1.82, 2.24) is 4.98 Å². The first-order chi connectivity index (χ1) is 9.57. The van der Waals surface area contributed by atoms with E-state index < -0.39 is 0 Å². The Labute approximate surface area is 128 Å². The van der Waals surface area contributed by atoms with Crippen molar-refractivity contribution in [2.24, 2.45) is 11.7 Å². The van der Waals surface area contributed by atoms with Crippen LogP contribution in [0.2, 0.25) is 0 Å². The average Bonchev–Trinajstić information content (AvgIpc) is 2.82. The molecule has 0 unspecified atom stereocenters. The van der Waals surface area contributed by atoms with Crippen molar-refractivity contribution in [3.05, 3.63) is 10.6 Å². The predicted molar refractivity (Wildman–Crippen MR) is 90.6 cm³/mol. The first-order valence-electron chi connectivity index (χ1n) is 8.02. The van der Waals surface area contributed by atoms with Crippen LogP contribution in [0.5, 0.6) is 0 Å². The van der Waals surface area contributed by atoms with Gasteiger partial charge < -0.3 is 10.6 Å². The fourth-order valence-corrected chi connectivity index (χ4v) is 3.66. The summed E-state index contributed by atoms with van der Waals surface area (Å²) in [6, 6.07) is 0.587. The molecule has 0 amide bonds. The van der Waals surface area contributed by atoms with Gasteiger partial charge in [0.05, 0.1) is 5.69 Å². The van der Waals surface area contributed by atoms with Crippen LogP contribution in [0.25, 0.3) is 0 Å². The second-order valence-corrected chi connectivity index (χ2v) is 6.90. The number of nitrogens with two attached hydrogens (primary N) is 1. The number of thiazole rings is 1. The molecule has 1 aromatic heterocycles. The number of hydrogen-bond acceptors (Lipinski definition) is 4. The summed E-state index contributed by atoms with van der Waals surface area (Å²) in [5.41, 5.74) is 7.11. The summed E-state index contributed by atoms with van der Waals surface area (Å²) in [6.07, 6.45) is 4.51. The maximum atomic E-state index is 5.89. The zero-order valence-corrected chi connectivity index (χ0v) is 14.6. The van der Waals surface area contributed by atoms with E-state index in [1.807, 2.05) is 0 Å². The molecule has 20 heavy (non-hydrogen) atoms. The van der Waals surface area contributed by atoms with Crippen LogP contribution in [0.4, 0.5) is 5.13 Å². The summed E-state index contributed by atoms with van der Waals surface area (Å²) in [5, 5.41) is 1.18. The van der Waals surface area contributed by atoms with E-state index in [1.54, 1.807) is 11.3 Å². The maximum absolute atomic E-state index is 5.89. The molecule has 0 saturated carbocycles. The standard InChI is InChI=1S/C16H31N3S/c1-6-9-14-15(10-17)20-16(18-14)19(11-12(4)5)13(7-2)8-3/h12-13H,6-11,17H2,1-5H3. The molecule has 1 heterocycles. The molecule has 2 N–H and O–H groups in total. The van der Waals surface area contributed by atoms with Gasteiger partial charge in [-0.25, -0.2) is 4.98 Å². The van der Waals surface area contributed by atoms with Crippen molar-refractivity contribution in [2.45, 2.75) is 72.9 Å². The minimum Gasteiger partial charge on any atom is -0.345 e. The van der Waals surface area contributed by atoms with E-state index in [-0.39, 0.29) is 0 Å². The molecule has 0 saturated heterocycles. The third-order valence-electron chi connectivity index (χ3n) is 3.63. The molecular formula is C16H31N3S. The minimum absolute atomic E-state index is 0.587. The fourth-order valence-electron chi connectivity index (χ4n) is 2.59. The van der Waals surface area contributed by atoms with Crippen molar-refractivity contribution >= 4 is 16.5 Å². The summed E-state index contributed by atoms with van der Waals surface area (Å²) in [7, 11) is 0. The van der Waals surface area contributed by atoms with Crippen LogP contribution in [0.15, 0.2) is 0 Å². The van der Waals surface area contributed by atoms with Gasteiger partial charge in [0.25, 0.3) is 0 Å². The van der Waals surface area contributed by atoms with Gasteiger partial charge in [-0.2, -0.15) is 0 Å². The molecule has 1 aromatic rings. The van der Waals surface area contributed by atoms with Gasteiger partial charge in [0.15, 0.2) is 5.13 Å². The van der Waals surface area contributed by atoms with Gasteiger partial charge in [-0.1, -0.05) is 41.0 Å². The number of anilines is 1. The lowest BCUT2D eigenvalue weighted by molar-refractivity contribution is 0.506. The van der Waals surface area contributed by atoms with Gasteiger partial charge in [0.1, 0.15) is 0 Å². The Bertz CT molecular complexity index is 383. The Kier molecular flexibility index (Phi) is 7.52. The van der Waals surface area contributed by atoms with Crippen molar-refractivity contribution in [1.29, 1.82) is 0 Å². The monoisotopic (exact) mass is 297 g/mol. The zero-order valence-electron chi connectivity index (χ0n) is 13.8. The van der Waals surface area contributed by atoms with Crippen LogP contribution in [-0.4, -0.2) is 17.6 Å². The summed E-state index contributed by atoms with van der Waals surface area (Å²) in [4.78, 5) is 8.68. The van der Waals surface area contributed by atoms with Gasteiger partial charge in [-0.3, -0.25) is 0 Å². The summed E-state index contributed by atoms with van der Waals surface area (Å²) < 4.78 is 0. The van der Waals surface area contributed by atoms with Crippen molar-refractivity contribution in [3.8, 4) is 0 Å². The van der Waals surface area contributed by atoms with Crippen LogP contribution in [0.3, 0.4) is 0 Å². The maximum Gasteiger partial charge on any atom is 0.186 e. The number of aromatic nitrogens is 1. The predicted octanol–water partition coefficient (Wildman–Crippen LogP) is 4.21. The molecule has 3 nitrogen and oxygen atoms in total.